The fourth-order valence-corrected chi connectivity index (χ4v) is 7.30. The molecule has 12 atom stereocenters. The van der Waals surface area contributed by atoms with Gasteiger partial charge in [-0.05, 0) is 25.7 Å². The number of carbonyl (C=O) groups excluding carboxylic acids is 2. The molecule has 0 aromatic carbocycles. The van der Waals surface area contributed by atoms with Crippen LogP contribution in [-0.4, -0.2) is 36.0 Å². The molecule has 4 nitrogen and oxygen atoms in total. The van der Waals surface area contributed by atoms with Crippen molar-refractivity contribution in [3.8, 4) is 0 Å². The van der Waals surface area contributed by atoms with Crippen molar-refractivity contribution < 1.29 is 19.1 Å². The highest BCUT2D eigenvalue weighted by atomic mass is 16.6. The summed E-state index contributed by atoms with van der Waals surface area (Å²) in [7, 11) is 0. The van der Waals surface area contributed by atoms with Crippen LogP contribution in [0.5, 0.6) is 0 Å². The predicted molar refractivity (Wildman–Crippen MR) is 66.6 cm³/mol. The molecule has 0 radical (unpaired) electrons. The minimum atomic E-state index is 0.137. The number of fused-ring (bicyclic) bond motifs is 6. The molecule has 6 fully saturated rings. The lowest BCUT2D eigenvalue weighted by Gasteiger charge is -2.25. The molecule has 4 saturated carbocycles. The lowest BCUT2D eigenvalue weighted by molar-refractivity contribution is -0.125. The first-order chi connectivity index (χ1) is 9.61. The first kappa shape index (κ1) is 10.9. The number of Topliss-reactive ketones (excluding diaryl/α,β-unsaturated/α-hetero) is 2. The van der Waals surface area contributed by atoms with Crippen molar-refractivity contribution in [3.63, 3.8) is 0 Å². The van der Waals surface area contributed by atoms with E-state index in [9.17, 15) is 9.59 Å². The first-order valence-electron chi connectivity index (χ1n) is 7.93. The van der Waals surface area contributed by atoms with E-state index >= 15 is 0 Å². The third kappa shape index (κ3) is 0.899. The summed E-state index contributed by atoms with van der Waals surface area (Å²) in [5.41, 5.74) is 0. The fraction of sp³-hybridized carbons (Fsp3) is 0.875. The monoisotopic (exact) mass is 274 g/mol. The molecule has 2 saturated heterocycles. The van der Waals surface area contributed by atoms with E-state index in [4.69, 9.17) is 9.47 Å². The van der Waals surface area contributed by atoms with E-state index < -0.39 is 0 Å². The molecule has 0 bridgehead atoms. The number of hydrogen-bond donors (Lipinski definition) is 0. The fourth-order valence-electron chi connectivity index (χ4n) is 7.30. The van der Waals surface area contributed by atoms with Gasteiger partial charge < -0.3 is 9.47 Å². The van der Waals surface area contributed by atoms with Gasteiger partial charge >= 0.3 is 0 Å². The lowest BCUT2D eigenvalue weighted by Crippen LogP contribution is -2.31. The van der Waals surface area contributed by atoms with Crippen LogP contribution in [0.4, 0.5) is 0 Å². The molecule has 20 heavy (non-hydrogen) atoms. The average Bonchev–Trinajstić information content (AvgIpc) is 3.19. The van der Waals surface area contributed by atoms with Gasteiger partial charge in [0.2, 0.25) is 0 Å². The normalized spacial score (nSPS) is 69.5. The quantitative estimate of drug-likeness (QED) is 0.695. The highest BCUT2D eigenvalue weighted by Crippen LogP contribution is 2.78. The second kappa shape index (κ2) is 2.91. The molecule has 2 aliphatic heterocycles. The Labute approximate surface area is 117 Å². The summed E-state index contributed by atoms with van der Waals surface area (Å²) in [6, 6.07) is 0. The van der Waals surface area contributed by atoms with Crippen LogP contribution in [0.15, 0.2) is 0 Å². The van der Waals surface area contributed by atoms with E-state index in [-0.39, 0.29) is 36.3 Å². The van der Waals surface area contributed by atoms with Gasteiger partial charge in [-0.2, -0.15) is 0 Å². The van der Waals surface area contributed by atoms with Crippen LogP contribution >= 0.6 is 0 Å². The van der Waals surface area contributed by atoms with Crippen LogP contribution in [0.1, 0.15) is 13.8 Å². The van der Waals surface area contributed by atoms with Gasteiger partial charge in [-0.25, -0.2) is 0 Å². The largest absolute Gasteiger partial charge is 0.369 e. The molecule has 106 valence electrons. The maximum atomic E-state index is 12.2. The molecule has 4 heteroatoms. The van der Waals surface area contributed by atoms with Gasteiger partial charge in [0.15, 0.2) is 0 Å². The summed E-state index contributed by atoms with van der Waals surface area (Å²) in [4.78, 5) is 24.4. The van der Waals surface area contributed by atoms with Gasteiger partial charge in [-0.1, -0.05) is 0 Å². The molecule has 0 spiro atoms. The topological polar surface area (TPSA) is 59.2 Å². The molecule has 6 aliphatic rings. The Morgan fingerprint density at radius 2 is 0.900 bits per heavy atom. The summed E-state index contributed by atoms with van der Waals surface area (Å²) in [6.07, 6.45) is 1.07. The van der Waals surface area contributed by atoms with E-state index in [0.29, 0.717) is 47.1 Å². The van der Waals surface area contributed by atoms with Crippen molar-refractivity contribution in [1.29, 1.82) is 0 Å². The van der Waals surface area contributed by atoms with Crippen molar-refractivity contribution in [2.75, 3.05) is 0 Å². The van der Waals surface area contributed by atoms with E-state index in [1.165, 1.54) is 0 Å². The molecule has 2 heterocycles. The molecule has 0 N–H and O–H groups in total. The van der Waals surface area contributed by atoms with Crippen LogP contribution in [0.2, 0.25) is 0 Å². The van der Waals surface area contributed by atoms with Gasteiger partial charge in [-0.3, -0.25) is 9.59 Å². The number of ether oxygens (including phenoxy) is 2. The molecule has 6 rings (SSSR count). The van der Waals surface area contributed by atoms with E-state index in [1.54, 1.807) is 13.8 Å². The Morgan fingerprint density at radius 1 is 0.600 bits per heavy atom. The summed E-state index contributed by atoms with van der Waals surface area (Å²) in [5, 5.41) is 0. The van der Waals surface area contributed by atoms with Crippen LogP contribution in [0.3, 0.4) is 0 Å². The van der Waals surface area contributed by atoms with Crippen LogP contribution < -0.4 is 0 Å². The maximum Gasteiger partial charge on any atom is 0.133 e. The van der Waals surface area contributed by atoms with E-state index in [2.05, 4.69) is 0 Å². The van der Waals surface area contributed by atoms with Gasteiger partial charge in [-0.15, -0.1) is 0 Å². The van der Waals surface area contributed by atoms with Gasteiger partial charge in [0, 0.05) is 35.5 Å². The Balaban J connectivity index is 1.55. The number of hydrogen-bond acceptors (Lipinski definition) is 4. The molecule has 4 aliphatic carbocycles. The number of epoxide rings is 2. The SMILES string of the molecule is CC(=O)C1[C@@H]2C3C4[C@H]1[C@H]1O[C@@H]1[C@H]4C(C(C)=O)[C@@H]3[C@H]1O[C@H]21. The van der Waals surface area contributed by atoms with Crippen molar-refractivity contribution in [1.82, 2.24) is 0 Å². The number of rotatable bonds is 2. The molecule has 4 unspecified atom stereocenters. The van der Waals surface area contributed by atoms with Crippen molar-refractivity contribution in [3.05, 3.63) is 0 Å². The van der Waals surface area contributed by atoms with Gasteiger partial charge in [0.1, 0.15) is 11.6 Å². The molecule has 0 amide bonds. The Bertz CT molecular complexity index is 489. The number of ketones is 2. The standard InChI is InChI=1S/C16H18O4/c1-3(17)5-9-7-8-10(5)14-16(20-14)12(8)6(4(2)18)11(7)15-13(9)19-15/h5-16H,1-2H3/t5?,6?,7?,8?,9-,10-,11-,12+,13+,14+,15+,16+/m0/s1. The second-order valence-electron chi connectivity index (χ2n) is 7.87. The third-order valence-corrected chi connectivity index (χ3v) is 7.46. The van der Waals surface area contributed by atoms with Gasteiger partial charge in [0.05, 0.1) is 24.4 Å². The Morgan fingerprint density at radius 3 is 1.15 bits per heavy atom. The van der Waals surface area contributed by atoms with Crippen LogP contribution in [0.25, 0.3) is 0 Å². The molecular formula is C16H18O4. The number of carbonyl (C=O) groups is 2. The zero-order valence-corrected chi connectivity index (χ0v) is 11.6. The van der Waals surface area contributed by atoms with Gasteiger partial charge in [0.25, 0.3) is 0 Å². The average molecular weight is 274 g/mol. The zero-order chi connectivity index (χ0) is 13.5. The second-order valence-corrected chi connectivity index (χ2v) is 7.87. The van der Waals surface area contributed by atoms with Crippen molar-refractivity contribution in [2.24, 2.45) is 47.3 Å². The smallest absolute Gasteiger partial charge is 0.133 e. The highest BCUT2D eigenvalue weighted by Gasteiger charge is 2.84. The summed E-state index contributed by atoms with van der Waals surface area (Å²) in [6.45, 7) is 3.48. The first-order valence-corrected chi connectivity index (χ1v) is 7.93. The minimum Gasteiger partial charge on any atom is -0.369 e. The lowest BCUT2D eigenvalue weighted by atomic mass is 9.80. The minimum absolute atomic E-state index is 0.137. The van der Waals surface area contributed by atoms with Crippen LogP contribution in [-0.2, 0) is 19.1 Å². The molecule has 0 aromatic heterocycles. The third-order valence-electron chi connectivity index (χ3n) is 7.46. The zero-order valence-electron chi connectivity index (χ0n) is 11.6. The summed E-state index contributed by atoms with van der Waals surface area (Å²) >= 11 is 0. The molecular weight excluding hydrogens is 256 g/mol. The van der Waals surface area contributed by atoms with E-state index in [1.807, 2.05) is 0 Å². The van der Waals surface area contributed by atoms with Crippen molar-refractivity contribution >= 4 is 11.6 Å². The molecule has 0 aromatic rings. The predicted octanol–water partition coefficient (Wildman–Crippen LogP) is 0.683. The Kier molecular flexibility index (Phi) is 1.59. The van der Waals surface area contributed by atoms with Crippen LogP contribution in [0, 0.1) is 47.3 Å². The highest BCUT2D eigenvalue weighted by molar-refractivity contribution is 5.83. The Hall–Kier alpha value is -0.740. The summed E-state index contributed by atoms with van der Waals surface area (Å²) in [5.74, 6) is 3.57. The maximum absolute atomic E-state index is 12.2. The van der Waals surface area contributed by atoms with Crippen molar-refractivity contribution in [2.45, 2.75) is 38.3 Å². The summed E-state index contributed by atoms with van der Waals surface area (Å²) < 4.78 is 11.8. The van der Waals surface area contributed by atoms with E-state index in [0.717, 1.165) is 0 Å².